The van der Waals surface area contributed by atoms with E-state index >= 15 is 0 Å². The Hall–Kier alpha value is -0.820. The number of rotatable bonds is 1. The fraction of sp³-hybridized carbons (Fsp3) is 0.333. The summed E-state index contributed by atoms with van der Waals surface area (Å²) in [7, 11) is 0. The van der Waals surface area contributed by atoms with Crippen LogP contribution in [0.3, 0.4) is 0 Å². The summed E-state index contributed by atoms with van der Waals surface area (Å²) in [6, 6.07) is 8.85. The van der Waals surface area contributed by atoms with E-state index in [4.69, 9.17) is 0 Å². The molecule has 0 aliphatic carbocycles. The fourth-order valence-corrected chi connectivity index (χ4v) is 2.07. The van der Waals surface area contributed by atoms with Crippen molar-refractivity contribution in [2.24, 2.45) is 0 Å². The van der Waals surface area contributed by atoms with Gasteiger partial charge in [0.1, 0.15) is 0 Å². The van der Waals surface area contributed by atoms with Crippen molar-refractivity contribution in [2.75, 3.05) is 0 Å². The summed E-state index contributed by atoms with van der Waals surface area (Å²) in [6.45, 7) is 6.19. The second-order valence-corrected chi connectivity index (χ2v) is 3.59. The van der Waals surface area contributed by atoms with Gasteiger partial charge in [-0.3, -0.25) is 0 Å². The third kappa shape index (κ3) is 2.31. The smallest absolute Gasteiger partial charge is 0.0345 e. The third-order valence-electron chi connectivity index (χ3n) is 1.93. The zero-order valence-electron chi connectivity index (χ0n) is 8.50. The number of hydrogen-bond acceptors (Lipinski definition) is 1. The molecule has 1 heteroatoms. The first-order valence-corrected chi connectivity index (χ1v) is 5.74. The van der Waals surface area contributed by atoms with Crippen LogP contribution in [0.5, 0.6) is 0 Å². The van der Waals surface area contributed by atoms with Gasteiger partial charge >= 0.3 is 0 Å². The summed E-state index contributed by atoms with van der Waals surface area (Å²) >= 11 is 1.82. The Kier molecular flexibility index (Phi) is 3.97. The minimum absolute atomic E-state index is 1.13. The molecule has 0 saturated heterocycles. The molecule has 2 rings (SSSR count). The zero-order chi connectivity index (χ0) is 9.68. The largest absolute Gasteiger partial charge is 0.144 e. The lowest BCUT2D eigenvalue weighted by Gasteiger charge is -1.94. The van der Waals surface area contributed by atoms with Gasteiger partial charge in [0.15, 0.2) is 0 Å². The van der Waals surface area contributed by atoms with Crippen LogP contribution in [0, 0.1) is 0 Å². The number of thiophene rings is 1. The van der Waals surface area contributed by atoms with Gasteiger partial charge in [0.05, 0.1) is 0 Å². The molecule has 0 nitrogen and oxygen atoms in total. The van der Waals surface area contributed by atoms with Crippen molar-refractivity contribution < 1.29 is 0 Å². The zero-order valence-corrected chi connectivity index (χ0v) is 9.32. The van der Waals surface area contributed by atoms with Gasteiger partial charge in [-0.25, -0.2) is 0 Å². The molecule has 0 saturated carbocycles. The summed E-state index contributed by atoms with van der Waals surface area (Å²) < 4.78 is 1.41. The third-order valence-corrected chi connectivity index (χ3v) is 2.81. The molecule has 0 radical (unpaired) electrons. The van der Waals surface area contributed by atoms with Gasteiger partial charge in [-0.05, 0) is 34.9 Å². The van der Waals surface area contributed by atoms with Crippen LogP contribution < -0.4 is 0 Å². The van der Waals surface area contributed by atoms with Crippen molar-refractivity contribution in [1.29, 1.82) is 0 Å². The number of fused-ring (bicyclic) bond motifs is 1. The van der Waals surface area contributed by atoms with Crippen molar-refractivity contribution in [3.05, 3.63) is 35.2 Å². The lowest BCUT2D eigenvalue weighted by atomic mass is 10.1. The first kappa shape index (κ1) is 10.3. The molecule has 0 aliphatic rings. The van der Waals surface area contributed by atoms with Crippen molar-refractivity contribution in [1.82, 2.24) is 0 Å². The summed E-state index contributed by atoms with van der Waals surface area (Å²) in [5.74, 6) is 0. The average Bonchev–Trinajstić information content (AvgIpc) is 2.67. The second kappa shape index (κ2) is 5.03. The van der Waals surface area contributed by atoms with Crippen LogP contribution in [0.15, 0.2) is 29.6 Å². The molecular formula is C12H16S. The van der Waals surface area contributed by atoms with E-state index in [1.165, 1.54) is 15.6 Å². The molecule has 0 N–H and O–H groups in total. The molecule has 0 bridgehead atoms. The molecule has 13 heavy (non-hydrogen) atoms. The highest BCUT2D eigenvalue weighted by atomic mass is 32.1. The van der Waals surface area contributed by atoms with E-state index in [2.05, 4.69) is 36.6 Å². The molecule has 0 aliphatic heterocycles. The summed E-state index contributed by atoms with van der Waals surface area (Å²) in [5, 5.41) is 3.51. The van der Waals surface area contributed by atoms with Gasteiger partial charge in [-0.1, -0.05) is 32.9 Å². The molecule has 70 valence electrons. The van der Waals surface area contributed by atoms with Crippen molar-refractivity contribution in [3.8, 4) is 0 Å². The van der Waals surface area contributed by atoms with E-state index in [1.807, 2.05) is 25.2 Å². The number of hydrogen-bond donors (Lipinski definition) is 0. The molecule has 1 aromatic heterocycles. The van der Waals surface area contributed by atoms with Crippen molar-refractivity contribution in [3.63, 3.8) is 0 Å². The van der Waals surface area contributed by atoms with Gasteiger partial charge in [0, 0.05) is 4.70 Å². The SMILES string of the molecule is CC.CCc1ccc2ccsc2c1. The van der Waals surface area contributed by atoms with Crippen LogP contribution in [-0.2, 0) is 6.42 Å². The van der Waals surface area contributed by atoms with Crippen LogP contribution in [0.1, 0.15) is 26.3 Å². The van der Waals surface area contributed by atoms with Crippen LogP contribution >= 0.6 is 11.3 Å². The van der Waals surface area contributed by atoms with Gasteiger partial charge in [-0.2, -0.15) is 0 Å². The molecule has 0 unspecified atom stereocenters. The second-order valence-electron chi connectivity index (χ2n) is 2.65. The molecule has 0 amide bonds. The fourth-order valence-electron chi connectivity index (χ4n) is 1.22. The predicted octanol–water partition coefficient (Wildman–Crippen LogP) is 4.49. The Morgan fingerprint density at radius 1 is 1.15 bits per heavy atom. The first-order chi connectivity index (χ1) is 6.40. The highest BCUT2D eigenvalue weighted by Crippen LogP contribution is 2.21. The summed E-state index contributed by atoms with van der Waals surface area (Å²) in [4.78, 5) is 0. The Labute approximate surface area is 84.2 Å². The Morgan fingerprint density at radius 3 is 2.62 bits per heavy atom. The molecule has 0 atom stereocenters. The highest BCUT2D eigenvalue weighted by molar-refractivity contribution is 7.17. The van der Waals surface area contributed by atoms with E-state index in [9.17, 15) is 0 Å². The van der Waals surface area contributed by atoms with E-state index < -0.39 is 0 Å². The lowest BCUT2D eigenvalue weighted by Crippen LogP contribution is -1.75. The summed E-state index contributed by atoms with van der Waals surface area (Å²) in [6.07, 6.45) is 1.13. The van der Waals surface area contributed by atoms with Crippen LogP contribution in [0.2, 0.25) is 0 Å². The Balaban J connectivity index is 0.000000396. The molecule has 1 heterocycles. The average molecular weight is 192 g/mol. The topological polar surface area (TPSA) is 0 Å². The number of aryl methyl sites for hydroxylation is 1. The number of benzene rings is 1. The molecule has 0 spiro atoms. The first-order valence-electron chi connectivity index (χ1n) is 4.86. The maximum atomic E-state index is 2.28. The minimum Gasteiger partial charge on any atom is -0.144 e. The maximum absolute atomic E-state index is 2.28. The van der Waals surface area contributed by atoms with Crippen molar-refractivity contribution in [2.45, 2.75) is 27.2 Å². The highest BCUT2D eigenvalue weighted by Gasteiger charge is 1.94. The van der Waals surface area contributed by atoms with Gasteiger partial charge in [-0.15, -0.1) is 11.3 Å². The van der Waals surface area contributed by atoms with Gasteiger partial charge in [0.25, 0.3) is 0 Å². The minimum atomic E-state index is 1.13. The maximum Gasteiger partial charge on any atom is 0.0345 e. The Bertz CT molecular complexity index is 360. The van der Waals surface area contributed by atoms with Crippen LogP contribution in [-0.4, -0.2) is 0 Å². The lowest BCUT2D eigenvalue weighted by molar-refractivity contribution is 1.15. The molecular weight excluding hydrogens is 176 g/mol. The molecule has 2 aromatic rings. The van der Waals surface area contributed by atoms with Gasteiger partial charge < -0.3 is 0 Å². The molecule has 0 fully saturated rings. The standard InChI is InChI=1S/C10H10S.C2H6/c1-2-8-3-4-9-5-6-11-10(9)7-8;1-2/h3-7H,2H2,1H3;1-2H3. The summed E-state index contributed by atoms with van der Waals surface area (Å²) in [5.41, 5.74) is 1.43. The molecule has 1 aromatic carbocycles. The van der Waals surface area contributed by atoms with Crippen molar-refractivity contribution >= 4 is 21.4 Å². The van der Waals surface area contributed by atoms with E-state index in [1.54, 1.807) is 0 Å². The van der Waals surface area contributed by atoms with E-state index in [0.717, 1.165) is 6.42 Å². The quantitative estimate of drug-likeness (QED) is 0.624. The van der Waals surface area contributed by atoms with E-state index in [-0.39, 0.29) is 0 Å². The monoisotopic (exact) mass is 192 g/mol. The van der Waals surface area contributed by atoms with E-state index in [0.29, 0.717) is 0 Å². The van der Waals surface area contributed by atoms with Gasteiger partial charge in [0.2, 0.25) is 0 Å². The normalized spacial score (nSPS) is 9.46. The van der Waals surface area contributed by atoms with Crippen LogP contribution in [0.4, 0.5) is 0 Å². The van der Waals surface area contributed by atoms with Crippen LogP contribution in [0.25, 0.3) is 10.1 Å². The predicted molar refractivity (Wildman–Crippen MR) is 62.6 cm³/mol. The Morgan fingerprint density at radius 2 is 1.92 bits per heavy atom.